The summed E-state index contributed by atoms with van der Waals surface area (Å²) in [5.74, 6) is -6.06. The minimum atomic E-state index is -4.83. The van der Waals surface area contributed by atoms with Crippen molar-refractivity contribution in [3.8, 4) is 0 Å². The van der Waals surface area contributed by atoms with Crippen molar-refractivity contribution in [1.82, 2.24) is 0 Å². The van der Waals surface area contributed by atoms with Gasteiger partial charge in [-0.1, -0.05) is 17.7 Å². The van der Waals surface area contributed by atoms with Crippen molar-refractivity contribution < 1.29 is 31.5 Å². The molecule has 21 heavy (non-hydrogen) atoms. The van der Waals surface area contributed by atoms with Crippen LogP contribution in [0, 0.1) is 0 Å². The molecule has 0 aliphatic carbocycles. The summed E-state index contributed by atoms with van der Waals surface area (Å²) in [5.41, 5.74) is 3.32. The summed E-state index contributed by atoms with van der Waals surface area (Å²) in [6.45, 7) is 0.999. The zero-order valence-electron chi connectivity index (χ0n) is 10.7. The SMILES string of the molecule is CCOC(=O)C(F)(F)[C@H](N)c1ccc(Cl)c(C(F)(F)F)c1. The Bertz CT molecular complexity index is 533. The quantitative estimate of drug-likeness (QED) is 0.678. The Balaban J connectivity index is 3.19. The van der Waals surface area contributed by atoms with Crippen LogP contribution in [0.1, 0.15) is 24.1 Å². The first-order valence-electron chi connectivity index (χ1n) is 5.69. The van der Waals surface area contributed by atoms with Crippen molar-refractivity contribution in [2.24, 2.45) is 5.73 Å². The summed E-state index contributed by atoms with van der Waals surface area (Å²) < 4.78 is 69.5. The lowest BCUT2D eigenvalue weighted by atomic mass is 9.99. The number of ether oxygens (including phenoxy) is 1. The zero-order chi connectivity index (χ0) is 16.4. The van der Waals surface area contributed by atoms with E-state index in [4.69, 9.17) is 17.3 Å². The van der Waals surface area contributed by atoms with Crippen LogP contribution in [0.15, 0.2) is 18.2 Å². The lowest BCUT2D eigenvalue weighted by Gasteiger charge is -2.22. The Morgan fingerprint density at radius 2 is 1.90 bits per heavy atom. The van der Waals surface area contributed by atoms with E-state index in [2.05, 4.69) is 4.74 Å². The van der Waals surface area contributed by atoms with Crippen LogP contribution in [0.3, 0.4) is 0 Å². The number of halogens is 6. The summed E-state index contributed by atoms with van der Waals surface area (Å²) >= 11 is 5.37. The van der Waals surface area contributed by atoms with Crippen LogP contribution in [0.4, 0.5) is 22.0 Å². The monoisotopic (exact) mass is 331 g/mol. The van der Waals surface area contributed by atoms with Crippen molar-refractivity contribution in [1.29, 1.82) is 0 Å². The number of carbonyl (C=O) groups excluding carboxylic acids is 1. The highest BCUT2D eigenvalue weighted by molar-refractivity contribution is 6.31. The number of alkyl halides is 5. The summed E-state index contributed by atoms with van der Waals surface area (Å²) in [4.78, 5) is 11.1. The average Bonchev–Trinajstić information content (AvgIpc) is 2.37. The number of nitrogens with two attached hydrogens (primary N) is 1. The summed E-state index contributed by atoms with van der Waals surface area (Å²) in [6.07, 6.45) is -4.83. The fourth-order valence-corrected chi connectivity index (χ4v) is 1.74. The molecule has 1 aromatic rings. The van der Waals surface area contributed by atoms with Gasteiger partial charge in [0.2, 0.25) is 0 Å². The highest BCUT2D eigenvalue weighted by Gasteiger charge is 2.48. The topological polar surface area (TPSA) is 52.3 Å². The minimum absolute atomic E-state index is 0.310. The van der Waals surface area contributed by atoms with E-state index in [-0.39, 0.29) is 6.61 Å². The maximum Gasteiger partial charge on any atom is 0.417 e. The molecule has 118 valence electrons. The standard InChI is InChI=1S/C12H11ClF5NO2/c1-2-21-10(20)11(14,15)9(19)6-3-4-8(13)7(5-6)12(16,17)18/h3-5,9H,2,19H2,1H3/t9-/m1/s1. The van der Waals surface area contributed by atoms with E-state index in [0.29, 0.717) is 6.07 Å². The van der Waals surface area contributed by atoms with Gasteiger partial charge in [-0.2, -0.15) is 22.0 Å². The second-order valence-corrected chi connectivity index (χ2v) is 4.47. The fraction of sp³-hybridized carbons (Fsp3) is 0.417. The Morgan fingerprint density at radius 3 is 2.38 bits per heavy atom. The zero-order valence-corrected chi connectivity index (χ0v) is 11.4. The number of carbonyl (C=O) groups is 1. The van der Waals surface area contributed by atoms with E-state index < -0.39 is 40.3 Å². The van der Waals surface area contributed by atoms with E-state index in [1.54, 1.807) is 0 Å². The molecule has 0 fully saturated rings. The molecule has 0 bridgehead atoms. The van der Waals surface area contributed by atoms with Crippen LogP contribution >= 0.6 is 11.6 Å². The molecule has 1 aromatic carbocycles. The maximum absolute atomic E-state index is 13.7. The first-order valence-corrected chi connectivity index (χ1v) is 6.06. The van der Waals surface area contributed by atoms with Crippen molar-refractivity contribution in [2.75, 3.05) is 6.61 Å². The number of benzene rings is 1. The van der Waals surface area contributed by atoms with Crippen LogP contribution in [0.25, 0.3) is 0 Å². The Morgan fingerprint density at radius 1 is 1.33 bits per heavy atom. The minimum Gasteiger partial charge on any atom is -0.462 e. The normalized spacial score (nSPS) is 13.9. The third kappa shape index (κ3) is 3.82. The van der Waals surface area contributed by atoms with Gasteiger partial charge in [-0.3, -0.25) is 0 Å². The molecule has 0 amide bonds. The molecule has 0 aliphatic rings. The average molecular weight is 332 g/mol. The van der Waals surface area contributed by atoms with Gasteiger partial charge in [0.05, 0.1) is 17.2 Å². The Labute approximate surface area is 121 Å². The summed E-state index contributed by atoms with van der Waals surface area (Å²) in [5, 5.41) is -0.655. The van der Waals surface area contributed by atoms with Gasteiger partial charge in [0.25, 0.3) is 0 Å². The first kappa shape index (κ1) is 17.6. The molecule has 0 unspecified atom stereocenters. The van der Waals surface area contributed by atoms with E-state index in [1.165, 1.54) is 6.92 Å². The Kier molecular flexibility index (Phi) is 5.16. The highest BCUT2D eigenvalue weighted by Crippen LogP contribution is 2.38. The molecule has 0 aromatic heterocycles. The van der Waals surface area contributed by atoms with Crippen molar-refractivity contribution in [3.63, 3.8) is 0 Å². The molecular weight excluding hydrogens is 321 g/mol. The number of esters is 1. The molecule has 1 rings (SSSR count). The summed E-state index contributed by atoms with van der Waals surface area (Å²) in [6, 6.07) is -0.203. The second kappa shape index (κ2) is 6.15. The van der Waals surface area contributed by atoms with Gasteiger partial charge in [0.15, 0.2) is 0 Å². The number of hydrogen-bond acceptors (Lipinski definition) is 3. The predicted molar refractivity (Wildman–Crippen MR) is 65.0 cm³/mol. The van der Waals surface area contributed by atoms with Crippen LogP contribution in [0.5, 0.6) is 0 Å². The first-order chi connectivity index (χ1) is 9.51. The Hall–Kier alpha value is -1.41. The summed E-state index contributed by atoms with van der Waals surface area (Å²) in [7, 11) is 0. The largest absolute Gasteiger partial charge is 0.462 e. The third-order valence-electron chi connectivity index (χ3n) is 2.59. The highest BCUT2D eigenvalue weighted by atomic mass is 35.5. The number of hydrogen-bond donors (Lipinski definition) is 1. The van der Waals surface area contributed by atoms with Crippen molar-refractivity contribution >= 4 is 17.6 Å². The van der Waals surface area contributed by atoms with Gasteiger partial charge >= 0.3 is 18.1 Å². The fourth-order valence-electron chi connectivity index (χ4n) is 1.52. The van der Waals surface area contributed by atoms with Crippen LogP contribution in [-0.4, -0.2) is 18.5 Å². The predicted octanol–water partition coefficient (Wildman–Crippen LogP) is 3.56. The molecular formula is C12H11ClF5NO2. The van der Waals surface area contributed by atoms with Crippen molar-refractivity contribution in [2.45, 2.75) is 25.1 Å². The second-order valence-electron chi connectivity index (χ2n) is 4.06. The van der Waals surface area contributed by atoms with Gasteiger partial charge in [0, 0.05) is 0 Å². The van der Waals surface area contributed by atoms with Crippen LogP contribution in [-0.2, 0) is 15.7 Å². The van der Waals surface area contributed by atoms with Gasteiger partial charge in [-0.15, -0.1) is 0 Å². The number of rotatable bonds is 4. The third-order valence-corrected chi connectivity index (χ3v) is 2.92. The van der Waals surface area contributed by atoms with Crippen molar-refractivity contribution in [3.05, 3.63) is 34.3 Å². The molecule has 9 heteroatoms. The van der Waals surface area contributed by atoms with Crippen LogP contribution in [0.2, 0.25) is 5.02 Å². The smallest absolute Gasteiger partial charge is 0.417 e. The lowest BCUT2D eigenvalue weighted by Crippen LogP contribution is -2.41. The molecule has 0 saturated heterocycles. The van der Waals surface area contributed by atoms with E-state index in [9.17, 15) is 26.7 Å². The lowest BCUT2D eigenvalue weighted by molar-refractivity contribution is -0.174. The molecule has 0 radical (unpaired) electrons. The van der Waals surface area contributed by atoms with Gasteiger partial charge in [-0.25, -0.2) is 4.79 Å². The van der Waals surface area contributed by atoms with E-state index in [1.807, 2.05) is 0 Å². The molecule has 0 aliphatic heterocycles. The maximum atomic E-state index is 13.7. The molecule has 0 saturated carbocycles. The molecule has 3 nitrogen and oxygen atoms in total. The van der Waals surface area contributed by atoms with Gasteiger partial charge in [0.1, 0.15) is 6.04 Å². The van der Waals surface area contributed by atoms with E-state index >= 15 is 0 Å². The van der Waals surface area contributed by atoms with Crippen LogP contribution < -0.4 is 5.73 Å². The van der Waals surface area contributed by atoms with Gasteiger partial charge in [-0.05, 0) is 24.6 Å². The van der Waals surface area contributed by atoms with Gasteiger partial charge < -0.3 is 10.5 Å². The molecule has 0 heterocycles. The van der Waals surface area contributed by atoms with E-state index in [0.717, 1.165) is 12.1 Å². The molecule has 0 spiro atoms. The molecule has 2 N–H and O–H groups in total. The molecule has 1 atom stereocenters.